The van der Waals surface area contributed by atoms with Gasteiger partial charge in [0.2, 0.25) is 11.8 Å². The van der Waals surface area contributed by atoms with E-state index in [0.29, 0.717) is 5.69 Å². The summed E-state index contributed by atoms with van der Waals surface area (Å²) in [6.07, 6.45) is -2.52. The lowest BCUT2D eigenvalue weighted by atomic mass is 10.1. The molecule has 15 heteroatoms. The molecule has 0 saturated heterocycles. The van der Waals surface area contributed by atoms with Gasteiger partial charge < -0.3 is 30.2 Å². The average Bonchev–Trinajstić information content (AvgIpc) is 3.29. The van der Waals surface area contributed by atoms with Crippen molar-refractivity contribution in [1.82, 2.24) is 24.8 Å². The summed E-state index contributed by atoms with van der Waals surface area (Å²) in [6.45, 7) is -0.110. The molecule has 0 bridgehead atoms. The van der Waals surface area contributed by atoms with Crippen molar-refractivity contribution in [3.63, 3.8) is 0 Å². The van der Waals surface area contributed by atoms with Crippen molar-refractivity contribution in [3.8, 4) is 0 Å². The minimum atomic E-state index is -4.48. The van der Waals surface area contributed by atoms with E-state index in [1.165, 1.54) is 46.0 Å². The number of rotatable bonds is 11. The lowest BCUT2D eigenvalue weighted by molar-refractivity contribution is -0.134. The van der Waals surface area contributed by atoms with Crippen LogP contribution < -0.4 is 16.2 Å². The summed E-state index contributed by atoms with van der Waals surface area (Å²) in [5, 5.41) is 13.6. The van der Waals surface area contributed by atoms with Gasteiger partial charge in [-0.2, -0.15) is 13.2 Å². The van der Waals surface area contributed by atoms with Gasteiger partial charge in [0.25, 0.3) is 5.56 Å². The number of hydrogen-bond acceptors (Lipinski definition) is 5. The van der Waals surface area contributed by atoms with Gasteiger partial charge in [-0.1, -0.05) is 6.08 Å². The molecule has 11 nitrogen and oxygen atoms in total. The molecule has 220 valence electrons. The molecule has 3 heterocycles. The number of halogens is 4. The number of nitrogens with zero attached hydrogens (tertiary/aromatic N) is 3. The van der Waals surface area contributed by atoms with Gasteiger partial charge in [0.1, 0.15) is 17.5 Å². The fourth-order valence-corrected chi connectivity index (χ4v) is 3.92. The van der Waals surface area contributed by atoms with Crippen molar-refractivity contribution < 1.29 is 37.1 Å². The third-order valence-corrected chi connectivity index (χ3v) is 5.97. The first-order valence-electron chi connectivity index (χ1n) is 12.3. The number of aryl methyl sites for hydroxylation is 1. The fraction of sp³-hybridized carbons (Fsp3) is 0.346. The number of carbonyl (C=O) groups is 3. The van der Waals surface area contributed by atoms with E-state index >= 15 is 0 Å². The van der Waals surface area contributed by atoms with Gasteiger partial charge in [-0.05, 0) is 43.5 Å². The number of fused-ring (bicyclic) bond motifs is 1. The monoisotopic (exact) mass is 580 g/mol. The van der Waals surface area contributed by atoms with Crippen molar-refractivity contribution in [1.29, 1.82) is 0 Å². The second-order valence-electron chi connectivity index (χ2n) is 9.31. The fourth-order valence-electron chi connectivity index (χ4n) is 3.92. The molecule has 41 heavy (non-hydrogen) atoms. The Balaban J connectivity index is 1.77. The third kappa shape index (κ3) is 8.65. The molecule has 1 atom stereocenters. The lowest BCUT2D eigenvalue weighted by Gasteiger charge is -2.16. The van der Waals surface area contributed by atoms with Crippen LogP contribution in [-0.4, -0.2) is 68.8 Å². The molecular formula is C26H28F4N6O5. The third-order valence-electron chi connectivity index (χ3n) is 5.97. The van der Waals surface area contributed by atoms with Crippen LogP contribution in [0.4, 0.5) is 28.0 Å². The predicted molar refractivity (Wildman–Crippen MR) is 141 cm³/mol. The zero-order valence-electron chi connectivity index (χ0n) is 22.1. The molecule has 1 unspecified atom stereocenters. The van der Waals surface area contributed by atoms with Crippen LogP contribution in [0.25, 0.3) is 11.0 Å². The molecule has 0 saturated carbocycles. The van der Waals surface area contributed by atoms with Gasteiger partial charge in [0.05, 0.1) is 23.8 Å². The maximum Gasteiger partial charge on any atom is 0.405 e. The topological polar surface area (TPSA) is 149 Å². The first kappa shape index (κ1) is 30.8. The molecule has 0 aliphatic heterocycles. The van der Waals surface area contributed by atoms with Crippen molar-refractivity contribution in [2.45, 2.75) is 44.4 Å². The molecule has 4 N–H and O–H groups in total. The summed E-state index contributed by atoms with van der Waals surface area (Å²) >= 11 is 0. The van der Waals surface area contributed by atoms with Gasteiger partial charge in [-0.25, -0.2) is 9.18 Å². The van der Waals surface area contributed by atoms with E-state index < -0.39 is 48.4 Å². The number of hydrogen-bond donors (Lipinski definition) is 4. The minimum absolute atomic E-state index is 0.00562. The number of H-pyrrole nitrogens is 1. The Kier molecular flexibility index (Phi) is 9.86. The smallest absolute Gasteiger partial charge is 0.405 e. The largest absolute Gasteiger partial charge is 0.465 e. The molecule has 3 amide bonds. The number of anilines is 1. The summed E-state index contributed by atoms with van der Waals surface area (Å²) in [6, 6.07) is 3.03. The molecule has 3 aromatic rings. The first-order chi connectivity index (χ1) is 19.2. The molecule has 3 rings (SSSR count). The van der Waals surface area contributed by atoms with Gasteiger partial charge in [-0.3, -0.25) is 19.4 Å². The number of likely N-dealkylation sites (N-methyl/N-ethyl adjacent to an activating group) is 1. The summed E-state index contributed by atoms with van der Waals surface area (Å²) in [4.78, 5) is 56.8. The van der Waals surface area contributed by atoms with Crippen LogP contribution in [0.3, 0.4) is 0 Å². The first-order valence-corrected chi connectivity index (χ1v) is 12.3. The number of aromatic nitrogens is 3. The van der Waals surface area contributed by atoms with E-state index in [1.807, 2.05) is 0 Å². The molecule has 0 fully saturated rings. The SMILES string of the molecule is CN(C)C(=O)/C=C/CCC(NC(=O)O)C(=O)Nc1cccn(Cc2cc3ncc(F)c(CCC(F)(F)F)c3[nH]2)c1=O. The zero-order chi connectivity index (χ0) is 30.3. The Morgan fingerprint density at radius 2 is 2.00 bits per heavy atom. The van der Waals surface area contributed by atoms with Gasteiger partial charge in [0, 0.05) is 38.0 Å². The number of allylic oxidation sites excluding steroid dienone is 1. The zero-order valence-corrected chi connectivity index (χ0v) is 22.1. The molecule has 0 aliphatic rings. The summed E-state index contributed by atoms with van der Waals surface area (Å²) < 4.78 is 53.6. The molecule has 0 radical (unpaired) electrons. The predicted octanol–water partition coefficient (Wildman–Crippen LogP) is 3.41. The summed E-state index contributed by atoms with van der Waals surface area (Å²) in [5.41, 5.74) is -0.322. The van der Waals surface area contributed by atoms with Crippen LogP contribution in [0.15, 0.2) is 47.5 Å². The standard InChI is InChI=1S/C26H28F4N6O5/c1-35(2)21(37)8-4-3-6-18(34-25(40)41)23(38)33-19-7-5-11-36(24(19)39)14-15-12-20-22(32-15)16(17(27)13-31-20)9-10-26(28,29)30/h4-5,7-8,11-13,18,32,34H,3,6,9-10,14H2,1-2H3,(H,33,38)(H,40,41)/b8-4+. The Hall–Kier alpha value is -4.69. The van der Waals surface area contributed by atoms with Crippen molar-refractivity contribution in [3.05, 3.63) is 70.2 Å². The quantitative estimate of drug-likeness (QED) is 0.202. The molecular weight excluding hydrogens is 552 g/mol. The van der Waals surface area contributed by atoms with Crippen LogP contribution in [0, 0.1) is 5.82 Å². The lowest BCUT2D eigenvalue weighted by Crippen LogP contribution is -2.44. The number of pyridine rings is 2. The van der Waals surface area contributed by atoms with Gasteiger partial charge in [-0.15, -0.1) is 0 Å². The highest BCUT2D eigenvalue weighted by Gasteiger charge is 2.28. The van der Waals surface area contributed by atoms with E-state index in [-0.39, 0.29) is 47.6 Å². The van der Waals surface area contributed by atoms with Crippen LogP contribution >= 0.6 is 0 Å². The van der Waals surface area contributed by atoms with E-state index in [2.05, 4.69) is 20.6 Å². The highest BCUT2D eigenvalue weighted by molar-refractivity contribution is 5.96. The normalized spacial score (nSPS) is 12.4. The van der Waals surface area contributed by atoms with Crippen LogP contribution in [0.1, 0.15) is 30.5 Å². The van der Waals surface area contributed by atoms with Gasteiger partial charge in [0.15, 0.2) is 0 Å². The van der Waals surface area contributed by atoms with E-state index in [4.69, 9.17) is 5.11 Å². The molecule has 0 spiro atoms. The highest BCUT2D eigenvalue weighted by atomic mass is 19.4. The van der Waals surface area contributed by atoms with Crippen molar-refractivity contribution in [2.24, 2.45) is 0 Å². The number of carbonyl (C=O) groups excluding carboxylic acids is 2. The molecule has 0 aromatic carbocycles. The maximum atomic E-state index is 14.3. The minimum Gasteiger partial charge on any atom is -0.465 e. The van der Waals surface area contributed by atoms with Gasteiger partial charge >= 0.3 is 12.3 Å². The molecule has 0 aliphatic carbocycles. The Morgan fingerprint density at radius 1 is 1.27 bits per heavy atom. The highest BCUT2D eigenvalue weighted by Crippen LogP contribution is 2.27. The van der Waals surface area contributed by atoms with E-state index in [1.54, 1.807) is 14.1 Å². The Morgan fingerprint density at radius 3 is 2.66 bits per heavy atom. The number of aromatic amines is 1. The maximum absolute atomic E-state index is 14.3. The van der Waals surface area contributed by atoms with Crippen LogP contribution in [0.2, 0.25) is 0 Å². The van der Waals surface area contributed by atoms with E-state index in [9.17, 15) is 36.7 Å². The van der Waals surface area contributed by atoms with Crippen molar-refractivity contribution in [2.75, 3.05) is 19.4 Å². The average molecular weight is 581 g/mol. The van der Waals surface area contributed by atoms with Crippen LogP contribution in [0.5, 0.6) is 0 Å². The van der Waals surface area contributed by atoms with Crippen molar-refractivity contribution >= 4 is 34.6 Å². The number of nitrogens with one attached hydrogen (secondary N) is 3. The summed E-state index contributed by atoms with van der Waals surface area (Å²) in [5.74, 6) is -1.97. The van der Waals surface area contributed by atoms with E-state index in [0.717, 1.165) is 6.20 Å². The second kappa shape index (κ2) is 13.1. The molecule has 3 aromatic heterocycles. The van der Waals surface area contributed by atoms with Crippen LogP contribution in [-0.2, 0) is 22.6 Å². The number of carboxylic acid groups (broad SMARTS) is 1. The summed E-state index contributed by atoms with van der Waals surface area (Å²) in [7, 11) is 3.12. The Labute approximate surface area is 230 Å². The number of amides is 3. The number of alkyl halides is 3. The second-order valence-corrected chi connectivity index (χ2v) is 9.31. The Bertz CT molecular complexity index is 1510.